The average Bonchev–Trinajstić information content (AvgIpc) is 2.82. The van der Waals surface area contributed by atoms with E-state index in [-0.39, 0.29) is 18.0 Å². The van der Waals surface area contributed by atoms with Gasteiger partial charge in [-0.25, -0.2) is 9.18 Å². The first-order valence-electron chi connectivity index (χ1n) is 11.4. The molecular formula is C27H30ClFN4O2. The first-order chi connectivity index (χ1) is 16.7. The summed E-state index contributed by atoms with van der Waals surface area (Å²) in [5.41, 5.74) is 3.11. The van der Waals surface area contributed by atoms with Gasteiger partial charge in [0.15, 0.2) is 0 Å². The Bertz CT molecular complexity index is 1200. The third-order valence-electron chi connectivity index (χ3n) is 5.74. The molecule has 0 unspecified atom stereocenters. The van der Waals surface area contributed by atoms with Crippen molar-refractivity contribution in [2.75, 3.05) is 29.6 Å². The molecular weight excluding hydrogens is 467 g/mol. The van der Waals surface area contributed by atoms with Gasteiger partial charge in [0.2, 0.25) is 0 Å². The molecule has 1 atom stereocenters. The normalized spacial score (nSPS) is 11.5. The monoisotopic (exact) mass is 496 g/mol. The van der Waals surface area contributed by atoms with Crippen LogP contribution < -0.4 is 15.5 Å². The molecule has 3 amide bonds. The fourth-order valence-electron chi connectivity index (χ4n) is 3.66. The molecule has 3 rings (SSSR count). The Morgan fingerprint density at radius 1 is 0.971 bits per heavy atom. The standard InChI is InChI=1S/C27H30ClFN4O2/c1-5-18(2)33(27(35)31-21-10-8-9-20(29)16-21)17-19-15-22(13-14-25(19)32(3)4)30-26(34)23-11-6-7-12-24(23)28/h6-16,18H,5,17H2,1-4H3,(H,30,34)(H,31,35)/t18-/m0/s1. The van der Waals surface area contributed by atoms with E-state index in [0.717, 1.165) is 17.7 Å². The second kappa shape index (κ2) is 11.7. The minimum absolute atomic E-state index is 0.0834. The van der Waals surface area contributed by atoms with E-state index in [4.69, 9.17) is 11.6 Å². The van der Waals surface area contributed by atoms with Crippen LogP contribution in [0.3, 0.4) is 0 Å². The van der Waals surface area contributed by atoms with Gasteiger partial charge in [0, 0.05) is 43.7 Å². The highest BCUT2D eigenvalue weighted by molar-refractivity contribution is 6.34. The molecule has 0 aliphatic heterocycles. The number of anilines is 3. The summed E-state index contributed by atoms with van der Waals surface area (Å²) in [4.78, 5) is 29.6. The number of halogens is 2. The summed E-state index contributed by atoms with van der Waals surface area (Å²) in [5.74, 6) is -0.739. The van der Waals surface area contributed by atoms with Crippen molar-refractivity contribution in [2.24, 2.45) is 0 Å². The van der Waals surface area contributed by atoms with Gasteiger partial charge in [-0.2, -0.15) is 0 Å². The van der Waals surface area contributed by atoms with Crippen LogP contribution in [-0.2, 0) is 6.54 Å². The highest BCUT2D eigenvalue weighted by atomic mass is 35.5. The lowest BCUT2D eigenvalue weighted by molar-refractivity contribution is 0.102. The van der Waals surface area contributed by atoms with Crippen molar-refractivity contribution in [3.8, 4) is 0 Å². The maximum absolute atomic E-state index is 13.6. The van der Waals surface area contributed by atoms with Gasteiger partial charge in [0.1, 0.15) is 5.82 Å². The lowest BCUT2D eigenvalue weighted by Crippen LogP contribution is -2.41. The van der Waals surface area contributed by atoms with Crippen LogP contribution in [0.2, 0.25) is 5.02 Å². The summed E-state index contributed by atoms with van der Waals surface area (Å²) >= 11 is 6.17. The van der Waals surface area contributed by atoms with Crippen LogP contribution in [0.5, 0.6) is 0 Å². The number of carbonyl (C=O) groups excluding carboxylic acids is 2. The molecule has 0 aliphatic rings. The Morgan fingerprint density at radius 3 is 2.34 bits per heavy atom. The molecule has 0 radical (unpaired) electrons. The number of carbonyl (C=O) groups is 2. The van der Waals surface area contributed by atoms with E-state index in [2.05, 4.69) is 10.6 Å². The van der Waals surface area contributed by atoms with E-state index in [9.17, 15) is 14.0 Å². The van der Waals surface area contributed by atoms with E-state index >= 15 is 0 Å². The molecule has 0 saturated carbocycles. The van der Waals surface area contributed by atoms with Crippen molar-refractivity contribution < 1.29 is 14.0 Å². The van der Waals surface area contributed by atoms with Gasteiger partial charge in [-0.05, 0) is 67.4 Å². The van der Waals surface area contributed by atoms with Gasteiger partial charge >= 0.3 is 6.03 Å². The Morgan fingerprint density at radius 2 is 1.69 bits per heavy atom. The summed E-state index contributed by atoms with van der Waals surface area (Å²) in [7, 11) is 3.84. The molecule has 0 saturated heterocycles. The van der Waals surface area contributed by atoms with Crippen LogP contribution in [0, 0.1) is 5.82 Å². The molecule has 0 heterocycles. The third kappa shape index (κ3) is 6.73. The van der Waals surface area contributed by atoms with Gasteiger partial charge in [0.25, 0.3) is 5.91 Å². The van der Waals surface area contributed by atoms with Crippen LogP contribution in [0.15, 0.2) is 66.7 Å². The summed E-state index contributed by atoms with van der Waals surface area (Å²) < 4.78 is 13.6. The predicted octanol–water partition coefficient (Wildman–Crippen LogP) is 6.63. The van der Waals surface area contributed by atoms with Crippen LogP contribution in [-0.4, -0.2) is 37.0 Å². The van der Waals surface area contributed by atoms with Gasteiger partial charge in [-0.15, -0.1) is 0 Å². The Balaban J connectivity index is 1.88. The third-order valence-corrected chi connectivity index (χ3v) is 6.07. The van der Waals surface area contributed by atoms with Gasteiger partial charge in [-0.3, -0.25) is 4.79 Å². The molecule has 8 heteroatoms. The van der Waals surface area contributed by atoms with Crippen LogP contribution in [0.4, 0.5) is 26.2 Å². The average molecular weight is 497 g/mol. The number of rotatable bonds is 8. The van der Waals surface area contributed by atoms with Crippen molar-refractivity contribution in [3.63, 3.8) is 0 Å². The van der Waals surface area contributed by atoms with E-state index in [1.807, 2.05) is 51.0 Å². The quantitative estimate of drug-likeness (QED) is 0.368. The molecule has 6 nitrogen and oxygen atoms in total. The van der Waals surface area contributed by atoms with Crippen molar-refractivity contribution in [1.82, 2.24) is 4.90 Å². The first kappa shape index (κ1) is 26.0. The molecule has 0 fully saturated rings. The molecule has 184 valence electrons. The summed E-state index contributed by atoms with van der Waals surface area (Å²) in [6.07, 6.45) is 0.733. The number of nitrogens with one attached hydrogen (secondary N) is 2. The minimum atomic E-state index is -0.422. The molecule has 0 aromatic heterocycles. The zero-order chi connectivity index (χ0) is 25.5. The number of amides is 3. The van der Waals surface area contributed by atoms with Crippen molar-refractivity contribution in [2.45, 2.75) is 32.9 Å². The highest BCUT2D eigenvalue weighted by Crippen LogP contribution is 2.27. The summed E-state index contributed by atoms with van der Waals surface area (Å²) in [6.45, 7) is 4.25. The maximum Gasteiger partial charge on any atom is 0.322 e. The smallest absolute Gasteiger partial charge is 0.322 e. The second-order valence-corrected chi connectivity index (χ2v) is 8.90. The van der Waals surface area contributed by atoms with Crippen molar-refractivity contribution >= 4 is 40.6 Å². The SMILES string of the molecule is CC[C@H](C)N(Cc1cc(NC(=O)c2ccccc2Cl)ccc1N(C)C)C(=O)Nc1cccc(F)c1. The first-order valence-corrected chi connectivity index (χ1v) is 11.8. The lowest BCUT2D eigenvalue weighted by atomic mass is 10.1. The number of hydrogen-bond acceptors (Lipinski definition) is 3. The fourth-order valence-corrected chi connectivity index (χ4v) is 3.88. The van der Waals surface area contributed by atoms with Crippen LogP contribution >= 0.6 is 11.6 Å². The minimum Gasteiger partial charge on any atom is -0.377 e. The molecule has 2 N–H and O–H groups in total. The zero-order valence-electron chi connectivity index (χ0n) is 20.3. The van der Waals surface area contributed by atoms with E-state index in [0.29, 0.717) is 28.5 Å². The topological polar surface area (TPSA) is 64.7 Å². The molecule has 0 aliphatic carbocycles. The molecule has 3 aromatic carbocycles. The van der Waals surface area contributed by atoms with E-state index in [1.165, 1.54) is 12.1 Å². The largest absolute Gasteiger partial charge is 0.377 e. The van der Waals surface area contributed by atoms with E-state index < -0.39 is 5.82 Å². The number of benzene rings is 3. The maximum atomic E-state index is 13.6. The fraction of sp³-hybridized carbons (Fsp3) is 0.259. The van der Waals surface area contributed by atoms with Crippen LogP contribution in [0.1, 0.15) is 36.2 Å². The van der Waals surface area contributed by atoms with Crippen molar-refractivity contribution in [3.05, 3.63) is 88.7 Å². The Labute approximate surface area is 210 Å². The van der Waals surface area contributed by atoms with Gasteiger partial charge < -0.3 is 20.4 Å². The highest BCUT2D eigenvalue weighted by Gasteiger charge is 2.22. The zero-order valence-corrected chi connectivity index (χ0v) is 21.1. The lowest BCUT2D eigenvalue weighted by Gasteiger charge is -2.31. The number of urea groups is 1. The second-order valence-electron chi connectivity index (χ2n) is 8.50. The summed E-state index contributed by atoms with van der Waals surface area (Å²) in [5, 5.41) is 6.05. The van der Waals surface area contributed by atoms with Crippen LogP contribution in [0.25, 0.3) is 0 Å². The number of hydrogen-bond donors (Lipinski definition) is 2. The summed E-state index contributed by atoms with van der Waals surface area (Å²) in [6, 6.07) is 17.8. The van der Waals surface area contributed by atoms with Crippen molar-refractivity contribution in [1.29, 1.82) is 0 Å². The Hall–Kier alpha value is -3.58. The van der Waals surface area contributed by atoms with Gasteiger partial charge in [0.05, 0.1) is 10.6 Å². The molecule has 0 spiro atoms. The van der Waals surface area contributed by atoms with Gasteiger partial charge in [-0.1, -0.05) is 36.7 Å². The predicted molar refractivity (Wildman–Crippen MR) is 141 cm³/mol. The molecule has 3 aromatic rings. The molecule has 35 heavy (non-hydrogen) atoms. The molecule has 0 bridgehead atoms. The Kier molecular flexibility index (Phi) is 8.71. The number of nitrogens with zero attached hydrogens (tertiary/aromatic N) is 2. The van der Waals surface area contributed by atoms with E-state index in [1.54, 1.807) is 41.3 Å².